The standard InChI is InChI=1S/C11H16BrNO2S/c1-7(2)13(6-8(3)14)11(15)9-4-5-10(12)16-9/h4-5,7-8,14H,6H2,1-3H3. The maximum absolute atomic E-state index is 12.1. The van der Waals surface area contributed by atoms with Crippen LogP contribution < -0.4 is 0 Å². The first-order valence-electron chi connectivity index (χ1n) is 5.16. The molecule has 0 saturated carbocycles. The summed E-state index contributed by atoms with van der Waals surface area (Å²) in [7, 11) is 0. The van der Waals surface area contributed by atoms with Crippen molar-refractivity contribution in [2.24, 2.45) is 0 Å². The molecule has 1 atom stereocenters. The summed E-state index contributed by atoms with van der Waals surface area (Å²) in [5.41, 5.74) is 0. The van der Waals surface area contributed by atoms with Crippen LogP contribution >= 0.6 is 27.3 Å². The number of aliphatic hydroxyl groups excluding tert-OH is 1. The van der Waals surface area contributed by atoms with E-state index in [-0.39, 0.29) is 11.9 Å². The smallest absolute Gasteiger partial charge is 0.264 e. The molecule has 1 aromatic rings. The molecule has 1 N–H and O–H groups in total. The van der Waals surface area contributed by atoms with Crippen LogP contribution in [0.5, 0.6) is 0 Å². The molecule has 0 aliphatic carbocycles. The van der Waals surface area contributed by atoms with Gasteiger partial charge in [-0.2, -0.15) is 0 Å². The molecular formula is C11H16BrNO2S. The van der Waals surface area contributed by atoms with Gasteiger partial charge in [-0.15, -0.1) is 11.3 Å². The van der Waals surface area contributed by atoms with E-state index in [2.05, 4.69) is 15.9 Å². The van der Waals surface area contributed by atoms with Crippen LogP contribution in [-0.4, -0.2) is 34.6 Å². The number of halogens is 1. The second-order valence-electron chi connectivity index (χ2n) is 4.00. The summed E-state index contributed by atoms with van der Waals surface area (Å²) < 4.78 is 0.941. The van der Waals surface area contributed by atoms with Gasteiger partial charge in [-0.25, -0.2) is 0 Å². The van der Waals surface area contributed by atoms with Gasteiger partial charge in [0.1, 0.15) is 0 Å². The predicted molar refractivity (Wildman–Crippen MR) is 69.9 cm³/mol. The molecule has 90 valence electrons. The Balaban J connectivity index is 2.83. The minimum Gasteiger partial charge on any atom is -0.392 e. The van der Waals surface area contributed by atoms with Crippen LogP contribution in [0.3, 0.4) is 0 Å². The van der Waals surface area contributed by atoms with Crippen molar-refractivity contribution in [2.75, 3.05) is 6.54 Å². The highest BCUT2D eigenvalue weighted by Gasteiger charge is 2.21. The number of carbonyl (C=O) groups excluding carboxylic acids is 1. The molecule has 1 unspecified atom stereocenters. The van der Waals surface area contributed by atoms with Crippen LogP contribution in [0.4, 0.5) is 0 Å². The Bertz CT molecular complexity index is 363. The Kier molecular flexibility index (Phi) is 4.95. The van der Waals surface area contributed by atoms with Crippen molar-refractivity contribution in [3.8, 4) is 0 Å². The molecule has 0 aliphatic heterocycles. The molecule has 1 aromatic heterocycles. The molecule has 3 nitrogen and oxygen atoms in total. The number of carbonyl (C=O) groups is 1. The largest absolute Gasteiger partial charge is 0.392 e. The highest BCUT2D eigenvalue weighted by molar-refractivity contribution is 9.11. The Labute approximate surface area is 108 Å². The molecule has 0 radical (unpaired) electrons. The molecular weight excluding hydrogens is 290 g/mol. The molecule has 0 saturated heterocycles. The van der Waals surface area contributed by atoms with Gasteiger partial charge >= 0.3 is 0 Å². The maximum atomic E-state index is 12.1. The predicted octanol–water partition coefficient (Wildman–Crippen LogP) is 2.74. The molecule has 16 heavy (non-hydrogen) atoms. The van der Waals surface area contributed by atoms with Crippen LogP contribution in [0.25, 0.3) is 0 Å². The average molecular weight is 306 g/mol. The molecule has 0 aromatic carbocycles. The van der Waals surface area contributed by atoms with Crippen molar-refractivity contribution in [3.05, 3.63) is 20.8 Å². The summed E-state index contributed by atoms with van der Waals surface area (Å²) in [6.07, 6.45) is -0.505. The van der Waals surface area contributed by atoms with E-state index in [0.29, 0.717) is 11.4 Å². The monoisotopic (exact) mass is 305 g/mol. The van der Waals surface area contributed by atoms with Crippen molar-refractivity contribution in [2.45, 2.75) is 32.9 Å². The van der Waals surface area contributed by atoms with E-state index < -0.39 is 6.10 Å². The second kappa shape index (κ2) is 5.80. The van der Waals surface area contributed by atoms with Gasteiger partial charge in [0.25, 0.3) is 5.91 Å². The fourth-order valence-corrected chi connectivity index (χ4v) is 2.73. The van der Waals surface area contributed by atoms with Gasteiger partial charge in [0, 0.05) is 12.6 Å². The summed E-state index contributed by atoms with van der Waals surface area (Å²) in [5, 5.41) is 9.37. The first kappa shape index (κ1) is 13.7. The number of amides is 1. The normalized spacial score (nSPS) is 12.9. The lowest BCUT2D eigenvalue weighted by Gasteiger charge is -2.27. The Morgan fingerprint density at radius 1 is 1.50 bits per heavy atom. The zero-order valence-electron chi connectivity index (χ0n) is 9.61. The van der Waals surface area contributed by atoms with E-state index in [0.717, 1.165) is 3.79 Å². The fraction of sp³-hybridized carbons (Fsp3) is 0.545. The molecule has 0 fully saturated rings. The second-order valence-corrected chi connectivity index (χ2v) is 6.47. The third kappa shape index (κ3) is 3.57. The zero-order valence-corrected chi connectivity index (χ0v) is 12.0. The first-order chi connectivity index (χ1) is 7.41. The van der Waals surface area contributed by atoms with Crippen molar-refractivity contribution >= 4 is 33.2 Å². The zero-order chi connectivity index (χ0) is 12.3. The van der Waals surface area contributed by atoms with E-state index in [4.69, 9.17) is 0 Å². The quantitative estimate of drug-likeness (QED) is 0.929. The van der Waals surface area contributed by atoms with Gasteiger partial charge in [0.05, 0.1) is 14.8 Å². The van der Waals surface area contributed by atoms with E-state index in [1.54, 1.807) is 17.9 Å². The number of nitrogens with zero attached hydrogens (tertiary/aromatic N) is 1. The third-order valence-corrected chi connectivity index (χ3v) is 3.74. The highest BCUT2D eigenvalue weighted by Crippen LogP contribution is 2.24. The van der Waals surface area contributed by atoms with Gasteiger partial charge in [0.2, 0.25) is 0 Å². The van der Waals surface area contributed by atoms with Crippen molar-refractivity contribution in [1.82, 2.24) is 4.90 Å². The van der Waals surface area contributed by atoms with Gasteiger partial charge in [0.15, 0.2) is 0 Å². The van der Waals surface area contributed by atoms with Crippen LogP contribution in [0.15, 0.2) is 15.9 Å². The molecule has 1 amide bonds. The maximum Gasteiger partial charge on any atom is 0.264 e. The molecule has 1 rings (SSSR count). The van der Waals surface area contributed by atoms with Crippen LogP contribution in [0.2, 0.25) is 0 Å². The summed E-state index contributed by atoms with van der Waals surface area (Å²) in [6, 6.07) is 3.75. The van der Waals surface area contributed by atoms with Gasteiger partial charge in [-0.1, -0.05) is 0 Å². The van der Waals surface area contributed by atoms with Crippen LogP contribution in [0, 0.1) is 0 Å². The Hall–Kier alpha value is -0.390. The molecule has 1 heterocycles. The van der Waals surface area contributed by atoms with Gasteiger partial charge in [-0.05, 0) is 48.8 Å². The van der Waals surface area contributed by atoms with Gasteiger partial charge < -0.3 is 10.0 Å². The van der Waals surface area contributed by atoms with Crippen LogP contribution in [-0.2, 0) is 0 Å². The average Bonchev–Trinajstić information content (AvgIpc) is 2.59. The van der Waals surface area contributed by atoms with E-state index in [9.17, 15) is 9.90 Å². The SMILES string of the molecule is CC(O)CN(C(=O)c1ccc(Br)s1)C(C)C. The van der Waals surface area contributed by atoms with Crippen molar-refractivity contribution in [1.29, 1.82) is 0 Å². The summed E-state index contributed by atoms with van der Waals surface area (Å²) in [5.74, 6) is -0.0217. The number of thiophene rings is 1. The van der Waals surface area contributed by atoms with Gasteiger partial charge in [-0.3, -0.25) is 4.79 Å². The fourth-order valence-electron chi connectivity index (χ4n) is 1.38. The topological polar surface area (TPSA) is 40.5 Å². The summed E-state index contributed by atoms with van der Waals surface area (Å²) in [6.45, 7) is 5.95. The van der Waals surface area contributed by atoms with E-state index >= 15 is 0 Å². The minimum absolute atomic E-state index is 0.0217. The molecule has 0 spiro atoms. The number of aliphatic hydroxyl groups is 1. The molecule has 0 aliphatic rings. The van der Waals surface area contributed by atoms with Crippen molar-refractivity contribution < 1.29 is 9.90 Å². The lowest BCUT2D eigenvalue weighted by atomic mass is 10.2. The van der Waals surface area contributed by atoms with Crippen molar-refractivity contribution in [3.63, 3.8) is 0 Å². The highest BCUT2D eigenvalue weighted by atomic mass is 79.9. The first-order valence-corrected chi connectivity index (χ1v) is 6.77. The minimum atomic E-state index is -0.505. The molecule has 0 bridgehead atoms. The number of hydrogen-bond donors (Lipinski definition) is 1. The molecule has 5 heteroatoms. The Morgan fingerprint density at radius 3 is 2.50 bits per heavy atom. The lowest BCUT2D eigenvalue weighted by molar-refractivity contribution is 0.0583. The van der Waals surface area contributed by atoms with E-state index in [1.165, 1.54) is 11.3 Å². The van der Waals surface area contributed by atoms with E-state index in [1.807, 2.05) is 19.9 Å². The summed E-state index contributed by atoms with van der Waals surface area (Å²) in [4.78, 5) is 14.5. The van der Waals surface area contributed by atoms with Crippen LogP contribution in [0.1, 0.15) is 30.4 Å². The third-order valence-electron chi connectivity index (χ3n) is 2.13. The Morgan fingerprint density at radius 2 is 2.12 bits per heavy atom. The lowest BCUT2D eigenvalue weighted by Crippen LogP contribution is -2.41. The number of hydrogen-bond acceptors (Lipinski definition) is 3. The number of rotatable bonds is 4. The summed E-state index contributed by atoms with van der Waals surface area (Å²) >= 11 is 4.75.